The van der Waals surface area contributed by atoms with Crippen molar-refractivity contribution in [2.75, 3.05) is 23.9 Å². The number of anilines is 3. The van der Waals surface area contributed by atoms with Gasteiger partial charge in [-0.2, -0.15) is 15.0 Å². The number of nitrogen functional groups attached to an aromatic ring is 1. The average Bonchev–Trinajstić information content (AvgIpc) is 2.77. The SMILES string of the molecule is COc1ccccc1Nc1nc(N)nc(COC(=O)[C@@H]2SCCc3ccccc32)n1. The Morgan fingerprint density at radius 3 is 2.83 bits per heavy atom. The number of esters is 1. The molecular formula is C21H21N5O3S. The Morgan fingerprint density at radius 1 is 1.17 bits per heavy atom. The van der Waals surface area contributed by atoms with Crippen molar-refractivity contribution in [1.29, 1.82) is 0 Å². The number of carbonyl (C=O) groups excluding carboxylic acids is 1. The molecule has 154 valence electrons. The van der Waals surface area contributed by atoms with Gasteiger partial charge in [-0.1, -0.05) is 36.4 Å². The van der Waals surface area contributed by atoms with Crippen molar-refractivity contribution in [3.8, 4) is 5.75 Å². The number of rotatable bonds is 6. The third-order valence-corrected chi connectivity index (χ3v) is 5.82. The number of carbonyl (C=O) groups is 1. The van der Waals surface area contributed by atoms with Gasteiger partial charge >= 0.3 is 5.97 Å². The fourth-order valence-electron chi connectivity index (χ4n) is 3.23. The Morgan fingerprint density at radius 2 is 1.97 bits per heavy atom. The van der Waals surface area contributed by atoms with E-state index in [0.717, 1.165) is 17.7 Å². The van der Waals surface area contributed by atoms with Crippen LogP contribution in [0.4, 0.5) is 17.6 Å². The van der Waals surface area contributed by atoms with Gasteiger partial charge in [0.25, 0.3) is 0 Å². The van der Waals surface area contributed by atoms with Crippen LogP contribution in [0.5, 0.6) is 5.75 Å². The fourth-order valence-corrected chi connectivity index (χ4v) is 4.41. The number of nitrogens with zero attached hydrogens (tertiary/aromatic N) is 3. The van der Waals surface area contributed by atoms with Crippen LogP contribution in [0.3, 0.4) is 0 Å². The molecule has 0 radical (unpaired) electrons. The summed E-state index contributed by atoms with van der Waals surface area (Å²) < 4.78 is 10.8. The van der Waals surface area contributed by atoms with Gasteiger partial charge in [0.05, 0.1) is 12.8 Å². The zero-order valence-electron chi connectivity index (χ0n) is 16.4. The lowest BCUT2D eigenvalue weighted by Gasteiger charge is -2.23. The van der Waals surface area contributed by atoms with Crippen LogP contribution >= 0.6 is 11.8 Å². The van der Waals surface area contributed by atoms with E-state index >= 15 is 0 Å². The van der Waals surface area contributed by atoms with Crippen LogP contribution in [0.15, 0.2) is 48.5 Å². The lowest BCUT2D eigenvalue weighted by molar-refractivity contribution is -0.144. The van der Waals surface area contributed by atoms with Crippen molar-refractivity contribution < 1.29 is 14.3 Å². The van der Waals surface area contributed by atoms with E-state index in [9.17, 15) is 4.79 Å². The number of hydrogen-bond donors (Lipinski definition) is 2. The first-order valence-electron chi connectivity index (χ1n) is 9.40. The summed E-state index contributed by atoms with van der Waals surface area (Å²) in [6.45, 7) is -0.0919. The Bertz CT molecular complexity index is 1060. The van der Waals surface area contributed by atoms with Gasteiger partial charge in [-0.05, 0) is 35.4 Å². The third-order valence-electron chi connectivity index (χ3n) is 4.60. The molecule has 0 spiro atoms. The number of methoxy groups -OCH3 is 1. The summed E-state index contributed by atoms with van der Waals surface area (Å²) in [5.41, 5.74) is 8.69. The molecule has 0 saturated heterocycles. The van der Waals surface area contributed by atoms with Crippen molar-refractivity contribution in [2.45, 2.75) is 18.3 Å². The molecule has 3 N–H and O–H groups in total. The molecule has 3 aromatic rings. The van der Waals surface area contributed by atoms with E-state index in [4.69, 9.17) is 15.2 Å². The second kappa shape index (κ2) is 9.00. The van der Waals surface area contributed by atoms with Gasteiger partial charge in [-0.15, -0.1) is 11.8 Å². The highest BCUT2D eigenvalue weighted by Gasteiger charge is 2.28. The van der Waals surface area contributed by atoms with E-state index in [2.05, 4.69) is 26.3 Å². The van der Waals surface area contributed by atoms with E-state index in [-0.39, 0.29) is 35.5 Å². The fraction of sp³-hybridized carbons (Fsp3) is 0.238. The number of aryl methyl sites for hydroxylation is 1. The third kappa shape index (κ3) is 4.46. The first kappa shape index (κ1) is 20.0. The van der Waals surface area contributed by atoms with E-state index in [1.54, 1.807) is 18.9 Å². The molecule has 2 aromatic carbocycles. The van der Waals surface area contributed by atoms with E-state index < -0.39 is 0 Å². The number of nitrogens with one attached hydrogen (secondary N) is 1. The van der Waals surface area contributed by atoms with Crippen molar-refractivity contribution in [2.24, 2.45) is 0 Å². The molecule has 4 rings (SSSR count). The number of para-hydroxylation sites is 2. The molecule has 9 heteroatoms. The molecule has 1 aliphatic rings. The molecule has 0 bridgehead atoms. The van der Waals surface area contributed by atoms with Gasteiger partial charge in [-0.3, -0.25) is 4.79 Å². The highest BCUT2D eigenvalue weighted by atomic mass is 32.2. The highest BCUT2D eigenvalue weighted by molar-refractivity contribution is 8.00. The summed E-state index contributed by atoms with van der Waals surface area (Å²) in [4.78, 5) is 25.2. The van der Waals surface area contributed by atoms with Gasteiger partial charge < -0.3 is 20.5 Å². The molecule has 1 atom stereocenters. The molecule has 0 aliphatic carbocycles. The molecule has 0 amide bonds. The monoisotopic (exact) mass is 423 g/mol. The molecule has 30 heavy (non-hydrogen) atoms. The molecule has 0 fully saturated rings. The molecule has 1 aliphatic heterocycles. The highest BCUT2D eigenvalue weighted by Crippen LogP contribution is 2.37. The van der Waals surface area contributed by atoms with Crippen LogP contribution < -0.4 is 15.8 Å². The van der Waals surface area contributed by atoms with Crippen LogP contribution in [0.25, 0.3) is 0 Å². The Kier molecular flexibility index (Phi) is 5.99. The quantitative estimate of drug-likeness (QED) is 0.577. The Labute approximate surface area is 178 Å². The second-order valence-corrected chi connectivity index (χ2v) is 7.78. The lowest BCUT2D eigenvalue weighted by atomic mass is 10.0. The van der Waals surface area contributed by atoms with E-state index in [0.29, 0.717) is 11.4 Å². The molecule has 8 nitrogen and oxygen atoms in total. The largest absolute Gasteiger partial charge is 0.495 e. The lowest BCUT2D eigenvalue weighted by Crippen LogP contribution is -2.19. The summed E-state index contributed by atoms with van der Waals surface area (Å²) >= 11 is 1.58. The molecule has 0 saturated carbocycles. The van der Waals surface area contributed by atoms with E-state index in [1.807, 2.05) is 42.5 Å². The second-order valence-electron chi connectivity index (χ2n) is 6.57. The minimum absolute atomic E-state index is 0.0332. The predicted molar refractivity (Wildman–Crippen MR) is 116 cm³/mol. The molecule has 1 aromatic heterocycles. The number of benzene rings is 2. The number of hydrogen-bond acceptors (Lipinski definition) is 9. The number of ether oxygens (including phenoxy) is 2. The molecular weight excluding hydrogens is 402 g/mol. The van der Waals surface area contributed by atoms with Gasteiger partial charge in [0.15, 0.2) is 12.4 Å². The van der Waals surface area contributed by atoms with Crippen LogP contribution in [0, 0.1) is 0 Å². The van der Waals surface area contributed by atoms with Crippen LogP contribution in [0.2, 0.25) is 0 Å². The topological polar surface area (TPSA) is 112 Å². The maximum atomic E-state index is 12.7. The number of nitrogens with two attached hydrogens (primary N) is 1. The maximum absolute atomic E-state index is 12.7. The van der Waals surface area contributed by atoms with Crippen LogP contribution in [-0.2, 0) is 22.6 Å². The first-order chi connectivity index (χ1) is 14.6. The van der Waals surface area contributed by atoms with Crippen molar-refractivity contribution in [3.63, 3.8) is 0 Å². The number of thioether (sulfide) groups is 1. The Hall–Kier alpha value is -3.33. The van der Waals surface area contributed by atoms with Gasteiger partial charge in [-0.25, -0.2) is 0 Å². The Balaban J connectivity index is 1.46. The van der Waals surface area contributed by atoms with Crippen molar-refractivity contribution >= 4 is 35.3 Å². The zero-order chi connectivity index (χ0) is 20.9. The van der Waals surface area contributed by atoms with Gasteiger partial charge in [0.2, 0.25) is 11.9 Å². The molecule has 2 heterocycles. The smallest absolute Gasteiger partial charge is 0.324 e. The van der Waals surface area contributed by atoms with Crippen molar-refractivity contribution in [1.82, 2.24) is 15.0 Å². The summed E-state index contributed by atoms with van der Waals surface area (Å²) in [6.07, 6.45) is 0.951. The zero-order valence-corrected chi connectivity index (χ0v) is 17.2. The summed E-state index contributed by atoms with van der Waals surface area (Å²) in [5, 5.41) is 2.71. The predicted octanol–water partition coefficient (Wildman–Crippen LogP) is 3.28. The van der Waals surface area contributed by atoms with Crippen LogP contribution in [-0.4, -0.2) is 33.8 Å². The standard InChI is InChI=1S/C21H21N5O3S/c1-28-16-9-5-4-8-15(16)23-21-25-17(24-20(22)26-21)12-29-19(27)18-14-7-3-2-6-13(14)10-11-30-18/h2-9,18H,10-12H2,1H3,(H3,22,23,24,25,26)/t18-/m1/s1. The first-order valence-corrected chi connectivity index (χ1v) is 10.5. The van der Waals surface area contributed by atoms with Crippen molar-refractivity contribution in [3.05, 3.63) is 65.5 Å². The number of aromatic nitrogens is 3. The summed E-state index contributed by atoms with van der Waals surface area (Å²) in [6, 6.07) is 15.3. The minimum Gasteiger partial charge on any atom is -0.495 e. The molecule has 0 unspecified atom stereocenters. The maximum Gasteiger partial charge on any atom is 0.324 e. The average molecular weight is 423 g/mol. The normalized spacial score (nSPS) is 15.2. The number of fused-ring (bicyclic) bond motifs is 1. The van der Waals surface area contributed by atoms with E-state index in [1.165, 1.54) is 5.56 Å². The van der Waals surface area contributed by atoms with Crippen LogP contribution in [0.1, 0.15) is 22.2 Å². The summed E-state index contributed by atoms with van der Waals surface area (Å²) in [7, 11) is 1.58. The van der Waals surface area contributed by atoms with Gasteiger partial charge in [0.1, 0.15) is 11.0 Å². The van der Waals surface area contributed by atoms with Gasteiger partial charge in [0, 0.05) is 0 Å². The summed E-state index contributed by atoms with van der Waals surface area (Å²) in [5.74, 6) is 1.74. The minimum atomic E-state index is -0.347.